The van der Waals surface area contributed by atoms with Gasteiger partial charge in [0.05, 0.1) is 12.2 Å². The van der Waals surface area contributed by atoms with Crippen molar-refractivity contribution in [2.24, 2.45) is 5.92 Å². The Hall–Kier alpha value is -3.56. The molecule has 1 aliphatic heterocycles. The van der Waals surface area contributed by atoms with Crippen LogP contribution in [0, 0.1) is 5.92 Å². The van der Waals surface area contributed by atoms with Crippen LogP contribution in [0.25, 0.3) is 0 Å². The van der Waals surface area contributed by atoms with Crippen LogP contribution in [0.1, 0.15) is 38.1 Å². The lowest BCUT2D eigenvalue weighted by Crippen LogP contribution is -2.38. The number of ketones is 1. The van der Waals surface area contributed by atoms with Gasteiger partial charge in [0.1, 0.15) is 0 Å². The average Bonchev–Trinajstić information content (AvgIpc) is 2.78. The first-order valence-corrected chi connectivity index (χ1v) is 8.91. The highest BCUT2D eigenvalue weighted by molar-refractivity contribution is 6.45. The molecule has 1 aromatic carbocycles. The van der Waals surface area contributed by atoms with Gasteiger partial charge in [-0.25, -0.2) is 9.69 Å². The van der Waals surface area contributed by atoms with E-state index in [4.69, 9.17) is 0 Å². The lowest BCUT2D eigenvalue weighted by Gasteiger charge is -2.17. The van der Waals surface area contributed by atoms with Gasteiger partial charge in [0.25, 0.3) is 0 Å². The number of anilines is 2. The Morgan fingerprint density at radius 3 is 2.07 bits per heavy atom. The first-order valence-electron chi connectivity index (χ1n) is 8.91. The zero-order chi connectivity index (χ0) is 21.9. The van der Waals surface area contributed by atoms with E-state index in [0.29, 0.717) is 10.6 Å². The van der Waals surface area contributed by atoms with Gasteiger partial charge in [-0.3, -0.25) is 28.9 Å². The lowest BCUT2D eigenvalue weighted by molar-refractivity contribution is -0.143. The maximum Gasteiger partial charge on any atom is 0.334 e. The normalized spacial score (nSPS) is 13.9. The number of benzene rings is 1. The van der Waals surface area contributed by atoms with Crippen LogP contribution in [0.4, 0.5) is 16.2 Å². The van der Waals surface area contributed by atoms with Crippen LogP contribution >= 0.6 is 0 Å². The molecule has 1 aliphatic rings. The standard InChI is InChI=1S/C19H22N4O6/c1-10(2)8-22-17(27)18(28)23(19(22)29)9-16(26)14-6-5-13(20-11(3)24)7-15(14)21-12(4)25/h5-7,10H,8-9H2,1-4H3,(H,20,24)(H,21,25). The molecular formula is C19H22N4O6. The number of imide groups is 2. The molecule has 154 valence electrons. The Bertz CT molecular complexity index is 908. The number of nitrogens with zero attached hydrogens (tertiary/aromatic N) is 2. The Morgan fingerprint density at radius 1 is 0.931 bits per heavy atom. The smallest absolute Gasteiger partial charge is 0.326 e. The van der Waals surface area contributed by atoms with Crippen molar-refractivity contribution in [2.45, 2.75) is 27.7 Å². The van der Waals surface area contributed by atoms with Gasteiger partial charge < -0.3 is 10.6 Å². The molecule has 1 aromatic rings. The highest BCUT2D eigenvalue weighted by Crippen LogP contribution is 2.23. The number of hydrogen-bond donors (Lipinski definition) is 2. The second-order valence-corrected chi connectivity index (χ2v) is 7.03. The summed E-state index contributed by atoms with van der Waals surface area (Å²) in [4.78, 5) is 73.5. The van der Waals surface area contributed by atoms with Gasteiger partial charge in [-0.1, -0.05) is 13.8 Å². The summed E-state index contributed by atoms with van der Waals surface area (Å²) in [6.45, 7) is 5.54. The Balaban J connectivity index is 2.28. The van der Waals surface area contributed by atoms with E-state index in [1.807, 2.05) is 0 Å². The van der Waals surface area contributed by atoms with Crippen molar-refractivity contribution in [1.82, 2.24) is 9.80 Å². The molecule has 1 heterocycles. The predicted octanol–water partition coefficient (Wildman–Crippen LogP) is 1.23. The molecule has 1 fully saturated rings. The molecule has 0 spiro atoms. The third-order valence-corrected chi connectivity index (χ3v) is 3.94. The van der Waals surface area contributed by atoms with Crippen molar-refractivity contribution in [1.29, 1.82) is 0 Å². The number of carbonyl (C=O) groups is 6. The van der Waals surface area contributed by atoms with Crippen LogP contribution in [0.2, 0.25) is 0 Å². The Labute approximate surface area is 167 Å². The van der Waals surface area contributed by atoms with Crippen LogP contribution in [0.3, 0.4) is 0 Å². The third-order valence-electron chi connectivity index (χ3n) is 3.94. The number of amides is 6. The second-order valence-electron chi connectivity index (χ2n) is 7.03. The topological polar surface area (TPSA) is 133 Å². The van der Waals surface area contributed by atoms with E-state index in [0.717, 1.165) is 4.90 Å². The summed E-state index contributed by atoms with van der Waals surface area (Å²) in [6, 6.07) is 3.35. The fraction of sp³-hybridized carbons (Fsp3) is 0.368. The second kappa shape index (κ2) is 8.63. The summed E-state index contributed by atoms with van der Waals surface area (Å²) in [5.41, 5.74) is 0.493. The van der Waals surface area contributed by atoms with Crippen molar-refractivity contribution < 1.29 is 28.8 Å². The van der Waals surface area contributed by atoms with E-state index >= 15 is 0 Å². The van der Waals surface area contributed by atoms with Crippen LogP contribution in [0.5, 0.6) is 0 Å². The zero-order valence-electron chi connectivity index (χ0n) is 16.6. The lowest BCUT2D eigenvalue weighted by atomic mass is 10.1. The fourth-order valence-corrected chi connectivity index (χ4v) is 2.81. The summed E-state index contributed by atoms with van der Waals surface area (Å²) in [6.07, 6.45) is 0. The molecule has 0 unspecified atom stereocenters. The van der Waals surface area contributed by atoms with Gasteiger partial charge in [0, 0.05) is 31.6 Å². The van der Waals surface area contributed by atoms with Gasteiger partial charge in [0.2, 0.25) is 11.8 Å². The van der Waals surface area contributed by atoms with Crippen molar-refractivity contribution in [3.05, 3.63) is 23.8 Å². The number of urea groups is 1. The fourth-order valence-electron chi connectivity index (χ4n) is 2.81. The number of rotatable bonds is 7. The van der Waals surface area contributed by atoms with Gasteiger partial charge in [-0.05, 0) is 24.1 Å². The first kappa shape index (κ1) is 21.7. The maximum atomic E-state index is 12.7. The number of nitrogens with one attached hydrogen (secondary N) is 2. The number of Topliss-reactive ketones (excluding diaryl/α,β-unsaturated/α-hetero) is 1. The summed E-state index contributed by atoms with van der Waals surface area (Å²) < 4.78 is 0. The third kappa shape index (κ3) is 5.03. The van der Waals surface area contributed by atoms with Crippen molar-refractivity contribution in [2.75, 3.05) is 23.7 Å². The molecule has 0 radical (unpaired) electrons. The zero-order valence-corrected chi connectivity index (χ0v) is 16.6. The molecule has 1 saturated heterocycles. The molecule has 6 amide bonds. The molecule has 2 N–H and O–H groups in total. The van der Waals surface area contributed by atoms with Crippen molar-refractivity contribution in [3.8, 4) is 0 Å². The number of hydrogen-bond acceptors (Lipinski definition) is 6. The van der Waals surface area contributed by atoms with Crippen LogP contribution in [0.15, 0.2) is 18.2 Å². The quantitative estimate of drug-likeness (QED) is 0.400. The predicted molar refractivity (Wildman–Crippen MR) is 103 cm³/mol. The van der Waals surface area contributed by atoms with Crippen LogP contribution < -0.4 is 10.6 Å². The largest absolute Gasteiger partial charge is 0.334 e. The summed E-state index contributed by atoms with van der Waals surface area (Å²) in [5.74, 6) is -3.52. The van der Waals surface area contributed by atoms with E-state index in [2.05, 4.69) is 10.6 Å². The Morgan fingerprint density at radius 2 is 1.52 bits per heavy atom. The average molecular weight is 402 g/mol. The molecule has 2 rings (SSSR count). The summed E-state index contributed by atoms with van der Waals surface area (Å²) in [5, 5.41) is 5.01. The van der Waals surface area contributed by atoms with Crippen LogP contribution in [-0.4, -0.2) is 58.3 Å². The Kier molecular flexibility index (Phi) is 6.47. The molecule has 0 aromatic heterocycles. The summed E-state index contributed by atoms with van der Waals surface area (Å²) >= 11 is 0. The van der Waals surface area contributed by atoms with Gasteiger partial charge in [0.15, 0.2) is 5.78 Å². The van der Waals surface area contributed by atoms with Crippen molar-refractivity contribution in [3.63, 3.8) is 0 Å². The van der Waals surface area contributed by atoms with E-state index in [-0.39, 0.29) is 29.6 Å². The highest BCUT2D eigenvalue weighted by atomic mass is 16.2. The summed E-state index contributed by atoms with van der Waals surface area (Å²) in [7, 11) is 0. The minimum atomic E-state index is -1.07. The molecule has 10 heteroatoms. The molecule has 10 nitrogen and oxygen atoms in total. The van der Waals surface area contributed by atoms with E-state index in [9.17, 15) is 28.8 Å². The maximum absolute atomic E-state index is 12.7. The van der Waals surface area contributed by atoms with Crippen molar-refractivity contribution >= 4 is 46.8 Å². The van der Waals surface area contributed by atoms with E-state index in [1.165, 1.54) is 32.0 Å². The van der Waals surface area contributed by atoms with Crippen LogP contribution in [-0.2, 0) is 19.2 Å². The molecule has 0 atom stereocenters. The number of carbonyl (C=O) groups excluding carboxylic acids is 6. The van der Waals surface area contributed by atoms with Gasteiger partial charge in [-0.15, -0.1) is 0 Å². The van der Waals surface area contributed by atoms with Gasteiger partial charge in [-0.2, -0.15) is 0 Å². The molecule has 29 heavy (non-hydrogen) atoms. The highest BCUT2D eigenvalue weighted by Gasteiger charge is 2.45. The molecule has 0 bridgehead atoms. The molecule has 0 saturated carbocycles. The van der Waals surface area contributed by atoms with E-state index in [1.54, 1.807) is 13.8 Å². The van der Waals surface area contributed by atoms with E-state index < -0.39 is 36.1 Å². The minimum absolute atomic E-state index is 0.0321. The minimum Gasteiger partial charge on any atom is -0.326 e. The molecular weight excluding hydrogens is 380 g/mol. The SMILES string of the molecule is CC(=O)Nc1ccc(C(=O)CN2C(=O)C(=O)N(CC(C)C)C2=O)c(NC(C)=O)c1. The molecule has 0 aliphatic carbocycles. The first-order chi connectivity index (χ1) is 13.5. The monoisotopic (exact) mass is 402 g/mol. The van der Waals surface area contributed by atoms with Gasteiger partial charge >= 0.3 is 17.8 Å².